The topological polar surface area (TPSA) is 26.9 Å². The molecular weight excluding hydrogens is 303 g/mol. The molecule has 0 spiro atoms. The Labute approximate surface area is 138 Å². The predicted molar refractivity (Wildman–Crippen MR) is 95.4 cm³/mol. The molecule has 0 fully saturated rings. The van der Waals surface area contributed by atoms with E-state index in [9.17, 15) is 9.18 Å². The maximum atomic E-state index is 13.7. The maximum absolute atomic E-state index is 13.7. The number of aryl methyl sites for hydroxylation is 2. The molecule has 4 aromatic rings. The fourth-order valence-corrected chi connectivity index (χ4v) is 3.44. The van der Waals surface area contributed by atoms with Crippen molar-refractivity contribution < 1.29 is 4.39 Å². The minimum absolute atomic E-state index is 0.0744. The van der Waals surface area contributed by atoms with Gasteiger partial charge < -0.3 is 4.57 Å². The van der Waals surface area contributed by atoms with Crippen LogP contribution in [-0.4, -0.2) is 9.13 Å². The normalized spacial score (nSPS) is 11.5. The number of para-hydroxylation sites is 1. The van der Waals surface area contributed by atoms with Gasteiger partial charge in [0.25, 0.3) is 5.56 Å². The third-order valence-corrected chi connectivity index (χ3v) is 4.58. The van der Waals surface area contributed by atoms with Gasteiger partial charge in [0.2, 0.25) is 0 Å². The van der Waals surface area contributed by atoms with Gasteiger partial charge >= 0.3 is 0 Å². The quantitative estimate of drug-likeness (QED) is 0.544. The van der Waals surface area contributed by atoms with Gasteiger partial charge in [-0.25, -0.2) is 4.39 Å². The van der Waals surface area contributed by atoms with Crippen molar-refractivity contribution in [1.82, 2.24) is 9.13 Å². The average molecular weight is 320 g/mol. The molecule has 24 heavy (non-hydrogen) atoms. The van der Waals surface area contributed by atoms with Gasteiger partial charge in [0.05, 0.1) is 0 Å². The summed E-state index contributed by atoms with van der Waals surface area (Å²) in [7, 11) is 1.85. The second kappa shape index (κ2) is 5.34. The van der Waals surface area contributed by atoms with Gasteiger partial charge in [0.1, 0.15) is 11.3 Å². The number of nitrogens with zero attached hydrogens (tertiary/aromatic N) is 2. The second-order valence-electron chi connectivity index (χ2n) is 5.95. The van der Waals surface area contributed by atoms with Crippen LogP contribution in [0.25, 0.3) is 27.5 Å². The van der Waals surface area contributed by atoms with Crippen LogP contribution in [0.4, 0.5) is 4.39 Å². The van der Waals surface area contributed by atoms with Gasteiger partial charge in [-0.1, -0.05) is 25.1 Å². The van der Waals surface area contributed by atoms with Gasteiger partial charge in [0, 0.05) is 34.7 Å². The molecule has 2 aromatic heterocycles. The largest absolute Gasteiger partial charge is 0.339 e. The number of pyridine rings is 1. The Kier molecular flexibility index (Phi) is 3.27. The van der Waals surface area contributed by atoms with E-state index in [1.807, 2.05) is 54.9 Å². The fourth-order valence-electron chi connectivity index (χ4n) is 3.44. The highest BCUT2D eigenvalue weighted by Gasteiger charge is 2.17. The number of hydrogen-bond donors (Lipinski definition) is 0. The van der Waals surface area contributed by atoms with Crippen LogP contribution < -0.4 is 5.56 Å². The first-order valence-electron chi connectivity index (χ1n) is 8.00. The molecule has 0 saturated heterocycles. The molecule has 2 heterocycles. The molecule has 0 bridgehead atoms. The number of halogens is 1. The van der Waals surface area contributed by atoms with E-state index < -0.39 is 0 Å². The highest BCUT2D eigenvalue weighted by molar-refractivity contribution is 6.07. The molecule has 4 heteroatoms. The smallest absolute Gasteiger partial charge is 0.279 e. The van der Waals surface area contributed by atoms with Crippen LogP contribution >= 0.6 is 0 Å². The third kappa shape index (κ3) is 1.99. The average Bonchev–Trinajstić information content (AvgIpc) is 2.87. The Hall–Kier alpha value is -2.88. The summed E-state index contributed by atoms with van der Waals surface area (Å²) < 4.78 is 17.3. The fraction of sp³-hybridized carbons (Fsp3) is 0.150. The van der Waals surface area contributed by atoms with Crippen molar-refractivity contribution in [3.05, 3.63) is 76.5 Å². The summed E-state index contributed by atoms with van der Waals surface area (Å²) >= 11 is 0. The summed E-state index contributed by atoms with van der Waals surface area (Å²) in [5.41, 5.74) is 3.14. The van der Waals surface area contributed by atoms with E-state index in [4.69, 9.17) is 0 Å². The van der Waals surface area contributed by atoms with Gasteiger partial charge in [-0.2, -0.15) is 0 Å². The zero-order chi connectivity index (χ0) is 16.8. The van der Waals surface area contributed by atoms with E-state index in [2.05, 4.69) is 0 Å². The predicted octanol–water partition coefficient (Wildman–Crippen LogP) is 4.18. The van der Waals surface area contributed by atoms with Crippen LogP contribution in [-0.2, 0) is 13.5 Å². The Morgan fingerprint density at radius 3 is 2.46 bits per heavy atom. The number of fused-ring (bicyclic) bond motifs is 3. The molecule has 0 aliphatic heterocycles. The highest BCUT2D eigenvalue weighted by atomic mass is 19.1. The molecular formula is C20H17FN2O. The number of benzene rings is 2. The number of rotatable bonds is 2. The van der Waals surface area contributed by atoms with Gasteiger partial charge in [-0.3, -0.25) is 9.36 Å². The first kappa shape index (κ1) is 14.7. The molecule has 0 amide bonds. The zero-order valence-electron chi connectivity index (χ0n) is 13.6. The van der Waals surface area contributed by atoms with Crippen molar-refractivity contribution in [2.24, 2.45) is 7.05 Å². The first-order chi connectivity index (χ1) is 11.6. The third-order valence-electron chi connectivity index (χ3n) is 4.58. The standard InChI is InChI=1S/C20H17FN2O/c1-3-14-12-17-16-11-13(21)9-10-18(16)22(2)19(17)20(24)23(14)15-7-5-4-6-8-15/h4-12H,3H2,1-2H3. The second-order valence-corrected chi connectivity index (χ2v) is 5.95. The molecule has 0 aliphatic rings. The summed E-state index contributed by atoms with van der Waals surface area (Å²) in [4.78, 5) is 13.2. The van der Waals surface area contributed by atoms with Gasteiger partial charge in [-0.15, -0.1) is 0 Å². The Bertz CT molecular complexity index is 1120. The summed E-state index contributed by atoms with van der Waals surface area (Å²) in [6.45, 7) is 2.02. The lowest BCUT2D eigenvalue weighted by atomic mass is 10.1. The lowest BCUT2D eigenvalue weighted by molar-refractivity contribution is 0.629. The Morgan fingerprint density at radius 2 is 1.75 bits per heavy atom. The van der Waals surface area contributed by atoms with Gasteiger partial charge in [-0.05, 0) is 42.8 Å². The Balaban J connectivity index is 2.21. The molecule has 2 aromatic carbocycles. The van der Waals surface area contributed by atoms with E-state index in [1.54, 1.807) is 10.6 Å². The maximum Gasteiger partial charge on any atom is 0.279 e. The van der Waals surface area contributed by atoms with Crippen molar-refractivity contribution in [1.29, 1.82) is 0 Å². The summed E-state index contributed by atoms with van der Waals surface area (Å²) in [5, 5.41) is 1.58. The molecule has 0 unspecified atom stereocenters. The monoisotopic (exact) mass is 320 g/mol. The molecule has 0 radical (unpaired) electrons. The van der Waals surface area contributed by atoms with E-state index in [-0.39, 0.29) is 11.4 Å². The summed E-state index contributed by atoms with van der Waals surface area (Å²) in [5.74, 6) is -0.291. The molecule has 0 saturated carbocycles. The van der Waals surface area contributed by atoms with Crippen LogP contribution in [0.3, 0.4) is 0 Å². The minimum Gasteiger partial charge on any atom is -0.339 e. The summed E-state index contributed by atoms with van der Waals surface area (Å²) in [6, 6.07) is 16.3. The van der Waals surface area contributed by atoms with Crippen molar-refractivity contribution in [3.8, 4) is 5.69 Å². The van der Waals surface area contributed by atoms with Crippen molar-refractivity contribution in [2.75, 3.05) is 0 Å². The summed E-state index contributed by atoms with van der Waals surface area (Å²) in [6.07, 6.45) is 0.714. The lowest BCUT2D eigenvalue weighted by Gasteiger charge is -2.12. The van der Waals surface area contributed by atoms with Gasteiger partial charge in [0.15, 0.2) is 0 Å². The van der Waals surface area contributed by atoms with Crippen LogP contribution in [0, 0.1) is 5.82 Å². The van der Waals surface area contributed by atoms with E-state index in [1.165, 1.54) is 12.1 Å². The van der Waals surface area contributed by atoms with E-state index in [0.29, 0.717) is 11.9 Å². The van der Waals surface area contributed by atoms with E-state index >= 15 is 0 Å². The van der Waals surface area contributed by atoms with Crippen LogP contribution in [0.2, 0.25) is 0 Å². The molecule has 120 valence electrons. The highest BCUT2D eigenvalue weighted by Crippen LogP contribution is 2.28. The van der Waals surface area contributed by atoms with Crippen molar-refractivity contribution in [2.45, 2.75) is 13.3 Å². The lowest BCUT2D eigenvalue weighted by Crippen LogP contribution is -2.23. The zero-order valence-corrected chi connectivity index (χ0v) is 13.6. The molecule has 0 N–H and O–H groups in total. The van der Waals surface area contributed by atoms with Crippen molar-refractivity contribution in [3.63, 3.8) is 0 Å². The Morgan fingerprint density at radius 1 is 1.00 bits per heavy atom. The number of hydrogen-bond acceptors (Lipinski definition) is 1. The molecule has 0 aliphatic carbocycles. The van der Waals surface area contributed by atoms with Crippen molar-refractivity contribution >= 4 is 21.8 Å². The minimum atomic E-state index is -0.291. The number of aromatic nitrogens is 2. The van der Waals surface area contributed by atoms with Crippen LogP contribution in [0.15, 0.2) is 59.4 Å². The molecule has 0 atom stereocenters. The van der Waals surface area contributed by atoms with Crippen LogP contribution in [0.5, 0.6) is 0 Å². The molecule has 3 nitrogen and oxygen atoms in total. The van der Waals surface area contributed by atoms with Crippen LogP contribution in [0.1, 0.15) is 12.6 Å². The first-order valence-corrected chi connectivity index (χ1v) is 8.00. The SMILES string of the molecule is CCc1cc2c3cc(F)ccc3n(C)c2c(=O)n1-c1ccccc1. The van der Waals surface area contributed by atoms with E-state index in [0.717, 1.165) is 27.7 Å². The molecule has 4 rings (SSSR count).